The van der Waals surface area contributed by atoms with E-state index in [1.165, 1.54) is 30.0 Å². The van der Waals surface area contributed by atoms with Crippen LogP contribution in [0.15, 0.2) is 96.3 Å². The van der Waals surface area contributed by atoms with Crippen molar-refractivity contribution >= 4 is 44.6 Å². The van der Waals surface area contributed by atoms with E-state index >= 15 is 0 Å². The highest BCUT2D eigenvalue weighted by atomic mass is 32.2. The zero-order valence-corrected chi connectivity index (χ0v) is 26.2. The van der Waals surface area contributed by atoms with E-state index in [0.29, 0.717) is 17.2 Å². The standard InChI is InChI=1S/C32H34FN7O2S.CH2O2/c1-38-17-19-39(20-18-38)15-6-16-40-22-27(26-7-2-4-9-30(26)40)29-21-32(35-23-34-29)36-24-11-13-25(14-12-24)37-43(41,42)31-10-5-3-8-28(31)33;2-1-3/h2-5,7-14,21-23,37H,6,15-20H2,1H3,(H,34,35,36);1H,(H,2,3). The predicted molar refractivity (Wildman–Crippen MR) is 177 cm³/mol. The number of nitrogens with zero attached hydrogens (tertiary/aromatic N) is 5. The Bertz CT molecular complexity index is 1880. The SMILES string of the molecule is CN1CCN(CCCn2cc(-c3cc(Nc4ccc(NS(=O)(=O)c5ccccc5F)cc4)ncn3)c3ccccc32)CC1.O=CO. The summed E-state index contributed by atoms with van der Waals surface area (Å²) in [6.07, 6.45) is 4.79. The maximum atomic E-state index is 14.0. The van der Waals surface area contributed by atoms with Crippen molar-refractivity contribution in [3.63, 3.8) is 0 Å². The third-order valence-corrected chi connectivity index (χ3v) is 9.15. The summed E-state index contributed by atoms with van der Waals surface area (Å²) in [7, 11) is -1.87. The first-order valence-corrected chi connectivity index (χ1v) is 16.3. The molecule has 0 atom stereocenters. The zero-order valence-electron chi connectivity index (χ0n) is 25.4. The number of halogens is 1. The van der Waals surface area contributed by atoms with E-state index in [4.69, 9.17) is 9.90 Å². The monoisotopic (exact) mass is 645 g/mol. The van der Waals surface area contributed by atoms with Gasteiger partial charge in [0.2, 0.25) is 0 Å². The van der Waals surface area contributed by atoms with Gasteiger partial charge in [-0.2, -0.15) is 0 Å². The fraction of sp³-hybridized carbons (Fsp3) is 0.242. The van der Waals surface area contributed by atoms with Crippen LogP contribution in [0.25, 0.3) is 22.2 Å². The normalized spacial score (nSPS) is 14.0. The maximum Gasteiger partial charge on any atom is 0.290 e. The molecule has 0 bridgehead atoms. The Hall–Kier alpha value is -4.85. The van der Waals surface area contributed by atoms with Gasteiger partial charge in [0.1, 0.15) is 22.9 Å². The lowest BCUT2D eigenvalue weighted by molar-refractivity contribution is -0.122. The molecular formula is C33H36FN7O4S. The molecule has 0 unspecified atom stereocenters. The minimum absolute atomic E-state index is 0.250. The van der Waals surface area contributed by atoms with Crippen LogP contribution >= 0.6 is 0 Å². The molecule has 2 aromatic heterocycles. The second-order valence-corrected chi connectivity index (χ2v) is 12.5. The van der Waals surface area contributed by atoms with Gasteiger partial charge in [-0.3, -0.25) is 9.52 Å². The van der Waals surface area contributed by atoms with Gasteiger partial charge >= 0.3 is 0 Å². The lowest BCUT2D eigenvalue weighted by Gasteiger charge is -2.32. The Balaban J connectivity index is 0.00000134. The summed E-state index contributed by atoms with van der Waals surface area (Å²) in [5, 5.41) is 11.3. The number of likely N-dealkylation sites (N-methyl/N-ethyl adjacent to an activating group) is 1. The summed E-state index contributed by atoms with van der Waals surface area (Å²) in [6, 6.07) is 22.2. The molecule has 3 N–H and O–H groups in total. The number of carboxylic acid groups (broad SMARTS) is 1. The first kappa shape index (κ1) is 32.5. The van der Waals surface area contributed by atoms with Gasteiger partial charge in [-0.15, -0.1) is 0 Å². The largest absolute Gasteiger partial charge is 0.483 e. The van der Waals surface area contributed by atoms with Gasteiger partial charge in [-0.05, 0) is 62.5 Å². The molecule has 11 nitrogen and oxygen atoms in total. The number of sulfonamides is 1. The van der Waals surface area contributed by atoms with Crippen LogP contribution in [0.5, 0.6) is 0 Å². The summed E-state index contributed by atoms with van der Waals surface area (Å²) in [5.74, 6) is -0.196. The van der Waals surface area contributed by atoms with Crippen molar-refractivity contribution in [2.75, 3.05) is 49.8 Å². The summed E-state index contributed by atoms with van der Waals surface area (Å²) >= 11 is 0. The van der Waals surface area contributed by atoms with Crippen LogP contribution in [0.4, 0.5) is 21.6 Å². The van der Waals surface area contributed by atoms with Crippen LogP contribution in [-0.2, 0) is 21.4 Å². The number of benzene rings is 3. The number of para-hydroxylation sites is 1. The molecule has 0 saturated carbocycles. The van der Waals surface area contributed by atoms with Crippen molar-refractivity contribution in [3.05, 3.63) is 97.2 Å². The Kier molecular flexibility index (Phi) is 10.6. The predicted octanol–water partition coefficient (Wildman–Crippen LogP) is 5.12. The number of piperazine rings is 1. The van der Waals surface area contributed by atoms with E-state index in [0.717, 1.165) is 68.4 Å². The molecule has 0 spiro atoms. The van der Waals surface area contributed by atoms with Crippen molar-refractivity contribution in [3.8, 4) is 11.3 Å². The Labute approximate surface area is 267 Å². The molecule has 46 heavy (non-hydrogen) atoms. The molecular weight excluding hydrogens is 609 g/mol. The lowest BCUT2D eigenvalue weighted by atomic mass is 10.1. The molecule has 1 saturated heterocycles. The molecule has 3 heterocycles. The van der Waals surface area contributed by atoms with Crippen LogP contribution in [-0.4, -0.2) is 84.1 Å². The minimum atomic E-state index is -4.05. The fourth-order valence-corrected chi connectivity index (χ4v) is 6.53. The Morgan fingerprint density at radius 3 is 2.33 bits per heavy atom. The van der Waals surface area contributed by atoms with Gasteiger partial charge in [0.25, 0.3) is 16.5 Å². The van der Waals surface area contributed by atoms with Crippen molar-refractivity contribution < 1.29 is 22.7 Å². The molecule has 3 aromatic carbocycles. The number of nitrogens with one attached hydrogen (secondary N) is 2. The van der Waals surface area contributed by atoms with Crippen molar-refractivity contribution in [1.82, 2.24) is 24.3 Å². The zero-order chi connectivity index (χ0) is 32.5. The molecule has 0 aliphatic carbocycles. The molecule has 6 rings (SSSR count). The third kappa shape index (κ3) is 8.05. The van der Waals surface area contributed by atoms with E-state index in [9.17, 15) is 12.8 Å². The number of anilines is 3. The van der Waals surface area contributed by atoms with Crippen molar-refractivity contribution in [1.29, 1.82) is 0 Å². The number of rotatable bonds is 10. The quantitative estimate of drug-likeness (QED) is 0.177. The van der Waals surface area contributed by atoms with Gasteiger partial charge in [0.15, 0.2) is 0 Å². The van der Waals surface area contributed by atoms with Crippen LogP contribution in [0.2, 0.25) is 0 Å². The van der Waals surface area contributed by atoms with Crippen LogP contribution in [0, 0.1) is 5.82 Å². The molecule has 1 aliphatic rings. The van der Waals surface area contributed by atoms with Gasteiger partial charge < -0.3 is 24.8 Å². The van der Waals surface area contributed by atoms with Gasteiger partial charge in [-0.25, -0.2) is 22.8 Å². The second kappa shape index (κ2) is 15.0. The molecule has 5 aromatic rings. The first-order valence-electron chi connectivity index (χ1n) is 14.8. The average Bonchev–Trinajstić information content (AvgIpc) is 3.42. The molecule has 1 fully saturated rings. The van der Waals surface area contributed by atoms with E-state index in [1.54, 1.807) is 24.3 Å². The highest BCUT2D eigenvalue weighted by molar-refractivity contribution is 7.92. The molecule has 240 valence electrons. The Morgan fingerprint density at radius 2 is 1.59 bits per heavy atom. The smallest absolute Gasteiger partial charge is 0.290 e. The van der Waals surface area contributed by atoms with Crippen molar-refractivity contribution in [2.24, 2.45) is 0 Å². The minimum Gasteiger partial charge on any atom is -0.483 e. The van der Waals surface area contributed by atoms with Gasteiger partial charge in [0, 0.05) is 72.8 Å². The average molecular weight is 646 g/mol. The summed E-state index contributed by atoms with van der Waals surface area (Å²) in [4.78, 5) is 21.9. The highest BCUT2D eigenvalue weighted by Crippen LogP contribution is 2.31. The Morgan fingerprint density at radius 1 is 0.913 bits per heavy atom. The number of aromatic nitrogens is 3. The number of fused-ring (bicyclic) bond motifs is 1. The third-order valence-electron chi connectivity index (χ3n) is 7.74. The molecule has 1 aliphatic heterocycles. The van der Waals surface area contributed by atoms with E-state index in [-0.39, 0.29) is 6.47 Å². The first-order chi connectivity index (χ1) is 22.3. The maximum absolute atomic E-state index is 14.0. The van der Waals surface area contributed by atoms with Gasteiger partial charge in [-0.1, -0.05) is 30.3 Å². The number of aryl methyl sites for hydroxylation is 1. The van der Waals surface area contributed by atoms with Crippen LogP contribution in [0.1, 0.15) is 6.42 Å². The fourth-order valence-electron chi connectivity index (χ4n) is 5.39. The highest BCUT2D eigenvalue weighted by Gasteiger charge is 2.19. The molecule has 0 amide bonds. The topological polar surface area (TPSA) is 133 Å². The number of hydrogen-bond donors (Lipinski definition) is 3. The van der Waals surface area contributed by atoms with E-state index in [1.807, 2.05) is 12.1 Å². The summed E-state index contributed by atoms with van der Waals surface area (Å²) in [6.45, 7) is 6.25. The van der Waals surface area contributed by atoms with Crippen LogP contribution in [0.3, 0.4) is 0 Å². The molecule has 0 radical (unpaired) electrons. The van der Waals surface area contributed by atoms with E-state index in [2.05, 4.69) is 65.8 Å². The van der Waals surface area contributed by atoms with Crippen LogP contribution < -0.4 is 10.0 Å². The van der Waals surface area contributed by atoms with Crippen molar-refractivity contribution in [2.45, 2.75) is 17.9 Å². The number of carbonyl (C=O) groups is 1. The summed E-state index contributed by atoms with van der Waals surface area (Å²) < 4.78 is 44.0. The van der Waals surface area contributed by atoms with E-state index < -0.39 is 20.7 Å². The lowest BCUT2D eigenvalue weighted by Crippen LogP contribution is -2.44. The number of hydrogen-bond acceptors (Lipinski definition) is 8. The van der Waals surface area contributed by atoms with Gasteiger partial charge in [0.05, 0.1) is 5.69 Å². The molecule has 13 heteroatoms. The summed E-state index contributed by atoms with van der Waals surface area (Å²) in [5.41, 5.74) is 4.05. The second-order valence-electron chi connectivity index (χ2n) is 10.9.